The smallest absolute Gasteiger partial charge is 0.130 e. The lowest BCUT2D eigenvalue weighted by atomic mass is 10.1. The number of phenols is 1. The number of fused-ring (bicyclic) bond motifs is 1. The molecule has 62 valence electrons. The number of halogens is 1. The summed E-state index contributed by atoms with van der Waals surface area (Å²) in [7, 11) is 0. The van der Waals surface area contributed by atoms with E-state index in [0.717, 1.165) is 16.6 Å². The van der Waals surface area contributed by atoms with Crippen LogP contribution in [0.1, 0.15) is 11.1 Å². The minimum atomic E-state index is 0.292. The highest BCUT2D eigenvalue weighted by atomic mass is 79.9. The van der Waals surface area contributed by atoms with Crippen molar-refractivity contribution < 1.29 is 5.11 Å². The number of aromatic hydroxyl groups is 1. The van der Waals surface area contributed by atoms with Crippen molar-refractivity contribution >= 4 is 22.0 Å². The predicted molar refractivity (Wildman–Crippen MR) is 51.7 cm³/mol. The fraction of sp³-hybridized carbons (Fsp3) is 0.111. The summed E-state index contributed by atoms with van der Waals surface area (Å²) in [5.41, 5.74) is 2.26. The van der Waals surface area contributed by atoms with Crippen LogP contribution in [0.4, 0.5) is 0 Å². The van der Waals surface area contributed by atoms with Crippen molar-refractivity contribution in [3.05, 3.63) is 33.9 Å². The first-order valence-electron chi connectivity index (χ1n) is 3.69. The van der Waals surface area contributed by atoms with Crippen LogP contribution < -0.4 is 5.32 Å². The average Bonchev–Trinajstić information content (AvgIpc) is 2.12. The Bertz CT molecular complexity index is 347. The molecule has 2 nitrogen and oxygen atoms in total. The van der Waals surface area contributed by atoms with E-state index in [9.17, 15) is 5.11 Å². The van der Waals surface area contributed by atoms with Crippen LogP contribution in [0.15, 0.2) is 22.8 Å². The Morgan fingerprint density at radius 2 is 2.25 bits per heavy atom. The van der Waals surface area contributed by atoms with Crippen molar-refractivity contribution in [2.24, 2.45) is 0 Å². The Hall–Kier alpha value is -0.960. The topological polar surface area (TPSA) is 32.3 Å². The third-order valence-corrected chi connectivity index (χ3v) is 2.74. The van der Waals surface area contributed by atoms with Crippen molar-refractivity contribution in [3.63, 3.8) is 0 Å². The molecule has 0 atom stereocenters. The summed E-state index contributed by atoms with van der Waals surface area (Å²) in [5, 5.41) is 12.5. The molecular formula is C9H8BrNO. The first-order chi connectivity index (χ1) is 5.79. The first-order valence-corrected chi connectivity index (χ1v) is 4.48. The Labute approximate surface area is 79.0 Å². The van der Waals surface area contributed by atoms with E-state index in [1.165, 1.54) is 5.56 Å². The minimum Gasteiger partial charge on any atom is -0.507 e. The number of hydrogen-bond donors (Lipinski definition) is 2. The predicted octanol–water partition coefficient (Wildman–Crippen LogP) is 2.23. The van der Waals surface area contributed by atoms with Gasteiger partial charge in [-0.05, 0) is 45.4 Å². The lowest BCUT2D eigenvalue weighted by Gasteiger charge is -2.13. The van der Waals surface area contributed by atoms with Crippen LogP contribution in [0, 0.1) is 0 Å². The maximum absolute atomic E-state index is 9.37. The Kier molecular flexibility index (Phi) is 1.81. The van der Waals surface area contributed by atoms with Crippen LogP contribution >= 0.6 is 15.9 Å². The molecule has 2 rings (SSSR count). The van der Waals surface area contributed by atoms with Gasteiger partial charge in [0.15, 0.2) is 0 Å². The molecule has 0 saturated heterocycles. The van der Waals surface area contributed by atoms with Gasteiger partial charge in [-0.15, -0.1) is 0 Å². The number of rotatable bonds is 0. The van der Waals surface area contributed by atoms with Crippen LogP contribution in [0.3, 0.4) is 0 Å². The molecule has 1 aliphatic heterocycles. The van der Waals surface area contributed by atoms with Crippen molar-refractivity contribution in [2.75, 3.05) is 0 Å². The van der Waals surface area contributed by atoms with Gasteiger partial charge in [-0.3, -0.25) is 0 Å². The lowest BCUT2D eigenvalue weighted by Crippen LogP contribution is -2.10. The Balaban J connectivity index is 2.64. The largest absolute Gasteiger partial charge is 0.507 e. The average molecular weight is 226 g/mol. The number of benzene rings is 1. The molecule has 1 aromatic rings. The van der Waals surface area contributed by atoms with E-state index in [-0.39, 0.29) is 0 Å². The molecule has 0 aromatic heterocycles. The molecule has 0 saturated carbocycles. The molecule has 0 amide bonds. The molecule has 0 fully saturated rings. The van der Waals surface area contributed by atoms with Gasteiger partial charge in [-0.1, -0.05) is 6.07 Å². The van der Waals surface area contributed by atoms with E-state index >= 15 is 0 Å². The summed E-state index contributed by atoms with van der Waals surface area (Å²) in [6, 6.07) is 3.62. The molecule has 12 heavy (non-hydrogen) atoms. The van der Waals surface area contributed by atoms with Gasteiger partial charge >= 0.3 is 0 Å². The quantitative estimate of drug-likeness (QED) is 0.710. The standard InChI is InChI=1S/C9H8BrNO/c10-9-7-3-4-11-5-6(7)1-2-8(9)12/h1-4,11-12H,5H2. The number of phenolic OH excluding ortho intramolecular Hbond substituents is 1. The molecule has 0 radical (unpaired) electrons. The summed E-state index contributed by atoms with van der Waals surface area (Å²) in [5.74, 6) is 0.292. The van der Waals surface area contributed by atoms with E-state index in [4.69, 9.17) is 0 Å². The second-order valence-electron chi connectivity index (χ2n) is 2.69. The summed E-state index contributed by atoms with van der Waals surface area (Å²) >= 11 is 3.34. The third-order valence-electron chi connectivity index (χ3n) is 1.91. The molecule has 0 aliphatic carbocycles. The SMILES string of the molecule is Oc1ccc2c(c1Br)C=CNC2. The zero-order valence-electron chi connectivity index (χ0n) is 6.34. The van der Waals surface area contributed by atoms with E-state index < -0.39 is 0 Å². The highest BCUT2D eigenvalue weighted by molar-refractivity contribution is 9.10. The van der Waals surface area contributed by atoms with Gasteiger partial charge in [0, 0.05) is 6.54 Å². The molecule has 0 unspecified atom stereocenters. The fourth-order valence-corrected chi connectivity index (χ4v) is 1.79. The molecular weight excluding hydrogens is 218 g/mol. The second kappa shape index (κ2) is 2.83. The normalized spacial score (nSPS) is 13.8. The van der Waals surface area contributed by atoms with Gasteiger partial charge in [-0.25, -0.2) is 0 Å². The van der Waals surface area contributed by atoms with Crippen LogP contribution in [0.2, 0.25) is 0 Å². The fourth-order valence-electron chi connectivity index (χ4n) is 1.27. The molecule has 1 aliphatic rings. The van der Waals surface area contributed by atoms with Crippen LogP contribution in [0.25, 0.3) is 6.08 Å². The van der Waals surface area contributed by atoms with Crippen molar-refractivity contribution in [3.8, 4) is 5.75 Å². The van der Waals surface area contributed by atoms with Gasteiger partial charge < -0.3 is 10.4 Å². The van der Waals surface area contributed by atoms with E-state index in [0.29, 0.717) is 5.75 Å². The highest BCUT2D eigenvalue weighted by Crippen LogP contribution is 2.32. The van der Waals surface area contributed by atoms with Gasteiger partial charge in [0.1, 0.15) is 5.75 Å². The minimum absolute atomic E-state index is 0.292. The zero-order chi connectivity index (χ0) is 8.55. The molecule has 3 heteroatoms. The summed E-state index contributed by atoms with van der Waals surface area (Å²) < 4.78 is 0.776. The maximum atomic E-state index is 9.37. The molecule has 0 bridgehead atoms. The number of nitrogens with one attached hydrogen (secondary N) is 1. The molecule has 1 heterocycles. The monoisotopic (exact) mass is 225 g/mol. The van der Waals surface area contributed by atoms with Crippen LogP contribution in [-0.2, 0) is 6.54 Å². The van der Waals surface area contributed by atoms with Crippen molar-refractivity contribution in [1.82, 2.24) is 5.32 Å². The summed E-state index contributed by atoms with van der Waals surface area (Å²) in [4.78, 5) is 0. The van der Waals surface area contributed by atoms with Crippen molar-refractivity contribution in [2.45, 2.75) is 6.54 Å². The van der Waals surface area contributed by atoms with E-state index in [2.05, 4.69) is 21.2 Å². The van der Waals surface area contributed by atoms with Crippen LogP contribution in [-0.4, -0.2) is 5.11 Å². The van der Waals surface area contributed by atoms with Gasteiger partial charge in [-0.2, -0.15) is 0 Å². The highest BCUT2D eigenvalue weighted by Gasteiger charge is 2.09. The Morgan fingerprint density at radius 1 is 1.42 bits per heavy atom. The summed E-state index contributed by atoms with van der Waals surface area (Å²) in [6.45, 7) is 0.824. The van der Waals surface area contributed by atoms with Gasteiger partial charge in [0.25, 0.3) is 0 Å². The summed E-state index contributed by atoms with van der Waals surface area (Å²) in [6.07, 6.45) is 3.83. The van der Waals surface area contributed by atoms with E-state index in [1.54, 1.807) is 6.07 Å². The molecule has 0 spiro atoms. The maximum Gasteiger partial charge on any atom is 0.130 e. The van der Waals surface area contributed by atoms with Crippen LogP contribution in [0.5, 0.6) is 5.75 Å². The Morgan fingerprint density at radius 3 is 3.08 bits per heavy atom. The van der Waals surface area contributed by atoms with Gasteiger partial charge in [0.05, 0.1) is 4.47 Å². The lowest BCUT2D eigenvalue weighted by molar-refractivity contribution is 0.471. The first kappa shape index (κ1) is 7.68. The number of hydrogen-bond acceptors (Lipinski definition) is 2. The molecule has 1 aromatic carbocycles. The van der Waals surface area contributed by atoms with E-state index in [1.807, 2.05) is 18.3 Å². The third kappa shape index (κ3) is 1.10. The van der Waals surface area contributed by atoms with Crippen molar-refractivity contribution in [1.29, 1.82) is 0 Å². The zero-order valence-corrected chi connectivity index (χ0v) is 7.93. The second-order valence-corrected chi connectivity index (χ2v) is 3.48. The van der Waals surface area contributed by atoms with Gasteiger partial charge in [0.2, 0.25) is 0 Å². The molecule has 2 N–H and O–H groups in total.